The lowest BCUT2D eigenvalue weighted by atomic mass is 9.98. The molecule has 3 N–H and O–H groups in total. The van der Waals surface area contributed by atoms with Crippen LogP contribution < -0.4 is 15.8 Å². The number of nitrogens with zero attached hydrogens (tertiary/aromatic N) is 1. The normalized spacial score (nSPS) is 11.7. The summed E-state index contributed by atoms with van der Waals surface area (Å²) >= 11 is 0. The number of pyridine rings is 1. The quantitative estimate of drug-likeness (QED) is 0.858. The summed E-state index contributed by atoms with van der Waals surface area (Å²) in [6, 6.07) is 11.1. The number of hydrogen-bond donors (Lipinski definition) is 2. The second kappa shape index (κ2) is 7.45. The van der Waals surface area contributed by atoms with Crippen LogP contribution in [-0.4, -0.2) is 17.5 Å². The SMILES string of the molecule is CCC(C)c1ccccc1OCC(=O)Nc1ccc(N)nc1. The van der Waals surface area contributed by atoms with E-state index in [-0.39, 0.29) is 12.5 Å². The number of carbonyl (C=O) groups excluding carboxylic acids is 1. The molecular formula is C17H21N3O2. The Kier molecular flexibility index (Phi) is 5.36. The van der Waals surface area contributed by atoms with Crippen molar-refractivity contribution < 1.29 is 9.53 Å². The van der Waals surface area contributed by atoms with Crippen LogP contribution in [0.4, 0.5) is 11.5 Å². The van der Waals surface area contributed by atoms with Crippen molar-refractivity contribution >= 4 is 17.4 Å². The van der Waals surface area contributed by atoms with E-state index >= 15 is 0 Å². The molecule has 1 heterocycles. The Hall–Kier alpha value is -2.56. The summed E-state index contributed by atoms with van der Waals surface area (Å²) in [7, 11) is 0. The second-order valence-electron chi connectivity index (χ2n) is 5.16. The molecule has 2 rings (SSSR count). The first kappa shape index (κ1) is 15.8. The van der Waals surface area contributed by atoms with Gasteiger partial charge in [-0.3, -0.25) is 4.79 Å². The minimum atomic E-state index is -0.231. The molecule has 1 atom stereocenters. The lowest BCUT2D eigenvalue weighted by Crippen LogP contribution is -2.20. The first-order valence-electron chi connectivity index (χ1n) is 7.33. The van der Waals surface area contributed by atoms with Crippen molar-refractivity contribution in [1.82, 2.24) is 4.98 Å². The van der Waals surface area contributed by atoms with Crippen LogP contribution in [-0.2, 0) is 4.79 Å². The van der Waals surface area contributed by atoms with Gasteiger partial charge in [0, 0.05) is 0 Å². The Labute approximate surface area is 130 Å². The van der Waals surface area contributed by atoms with Gasteiger partial charge in [0.2, 0.25) is 0 Å². The summed E-state index contributed by atoms with van der Waals surface area (Å²) in [4.78, 5) is 15.8. The molecule has 1 amide bonds. The zero-order chi connectivity index (χ0) is 15.9. The third-order valence-corrected chi connectivity index (χ3v) is 3.49. The Balaban J connectivity index is 1.95. The van der Waals surface area contributed by atoms with E-state index < -0.39 is 0 Å². The number of carbonyl (C=O) groups is 1. The Morgan fingerprint density at radius 2 is 2.09 bits per heavy atom. The van der Waals surface area contributed by atoms with E-state index in [1.54, 1.807) is 12.1 Å². The molecular weight excluding hydrogens is 278 g/mol. The highest BCUT2D eigenvalue weighted by atomic mass is 16.5. The second-order valence-corrected chi connectivity index (χ2v) is 5.16. The Bertz CT molecular complexity index is 626. The van der Waals surface area contributed by atoms with Crippen LogP contribution in [0, 0.1) is 0 Å². The van der Waals surface area contributed by atoms with Crippen molar-refractivity contribution in [3.05, 3.63) is 48.2 Å². The number of nitrogens with two attached hydrogens (primary N) is 1. The van der Waals surface area contributed by atoms with E-state index in [9.17, 15) is 4.79 Å². The minimum absolute atomic E-state index is 0.0438. The molecule has 0 aliphatic rings. The number of anilines is 2. The lowest BCUT2D eigenvalue weighted by molar-refractivity contribution is -0.118. The fourth-order valence-electron chi connectivity index (χ4n) is 2.06. The van der Waals surface area contributed by atoms with E-state index in [0.717, 1.165) is 17.7 Å². The number of nitrogens with one attached hydrogen (secondary N) is 1. The maximum absolute atomic E-state index is 11.9. The van der Waals surface area contributed by atoms with Gasteiger partial charge >= 0.3 is 0 Å². The average molecular weight is 299 g/mol. The van der Waals surface area contributed by atoms with E-state index in [4.69, 9.17) is 10.5 Å². The number of aromatic nitrogens is 1. The van der Waals surface area contributed by atoms with Crippen LogP contribution in [0.3, 0.4) is 0 Å². The summed E-state index contributed by atoms with van der Waals surface area (Å²) in [5.74, 6) is 1.32. The summed E-state index contributed by atoms with van der Waals surface area (Å²) in [5, 5.41) is 2.72. The third-order valence-electron chi connectivity index (χ3n) is 3.49. The molecule has 1 unspecified atom stereocenters. The van der Waals surface area contributed by atoms with Crippen molar-refractivity contribution in [2.75, 3.05) is 17.7 Å². The fraction of sp³-hybridized carbons (Fsp3) is 0.294. The van der Waals surface area contributed by atoms with Gasteiger partial charge in [-0.2, -0.15) is 0 Å². The first-order valence-corrected chi connectivity index (χ1v) is 7.33. The smallest absolute Gasteiger partial charge is 0.262 e. The number of benzene rings is 1. The number of hydrogen-bond acceptors (Lipinski definition) is 4. The molecule has 22 heavy (non-hydrogen) atoms. The predicted octanol–water partition coefficient (Wildman–Crippen LogP) is 3.19. The van der Waals surface area contributed by atoms with Crippen LogP contribution in [0.25, 0.3) is 0 Å². The van der Waals surface area contributed by atoms with Crippen molar-refractivity contribution in [2.24, 2.45) is 0 Å². The molecule has 0 fully saturated rings. The van der Waals surface area contributed by atoms with Gasteiger partial charge in [-0.1, -0.05) is 32.0 Å². The summed E-state index contributed by atoms with van der Waals surface area (Å²) in [6.07, 6.45) is 2.53. The van der Waals surface area contributed by atoms with Crippen LogP contribution in [0.2, 0.25) is 0 Å². The summed E-state index contributed by atoms with van der Waals surface area (Å²) in [5.41, 5.74) is 7.21. The molecule has 2 aromatic rings. The predicted molar refractivity (Wildman–Crippen MR) is 87.9 cm³/mol. The molecule has 0 aliphatic heterocycles. The van der Waals surface area contributed by atoms with Gasteiger partial charge in [0.1, 0.15) is 11.6 Å². The monoisotopic (exact) mass is 299 g/mol. The highest BCUT2D eigenvalue weighted by molar-refractivity contribution is 5.91. The number of amides is 1. The van der Waals surface area contributed by atoms with Crippen molar-refractivity contribution in [2.45, 2.75) is 26.2 Å². The number of para-hydroxylation sites is 1. The minimum Gasteiger partial charge on any atom is -0.483 e. The molecule has 5 heteroatoms. The van der Waals surface area contributed by atoms with Gasteiger partial charge in [-0.15, -0.1) is 0 Å². The highest BCUT2D eigenvalue weighted by Crippen LogP contribution is 2.28. The maximum atomic E-state index is 11.9. The Morgan fingerprint density at radius 1 is 1.32 bits per heavy atom. The van der Waals surface area contributed by atoms with Crippen molar-refractivity contribution in [1.29, 1.82) is 0 Å². The molecule has 1 aromatic heterocycles. The standard InChI is InChI=1S/C17H21N3O2/c1-3-12(2)14-6-4-5-7-15(14)22-11-17(21)20-13-8-9-16(18)19-10-13/h4-10,12H,3,11H2,1-2H3,(H2,18,19)(H,20,21). The van der Waals surface area contributed by atoms with Crippen molar-refractivity contribution in [3.8, 4) is 5.75 Å². The van der Waals surface area contributed by atoms with Crippen LogP contribution in [0.1, 0.15) is 31.7 Å². The van der Waals surface area contributed by atoms with Gasteiger partial charge in [-0.05, 0) is 36.1 Å². The van der Waals surface area contributed by atoms with E-state index in [1.807, 2.05) is 24.3 Å². The molecule has 1 aromatic carbocycles. The molecule has 0 spiro atoms. The highest BCUT2D eigenvalue weighted by Gasteiger charge is 2.11. The summed E-state index contributed by atoms with van der Waals surface area (Å²) in [6.45, 7) is 4.22. The first-order chi connectivity index (χ1) is 10.6. The zero-order valence-corrected chi connectivity index (χ0v) is 12.9. The molecule has 0 radical (unpaired) electrons. The largest absolute Gasteiger partial charge is 0.483 e. The molecule has 0 saturated heterocycles. The van der Waals surface area contributed by atoms with Gasteiger partial charge in [0.05, 0.1) is 11.9 Å². The van der Waals surface area contributed by atoms with Crippen LogP contribution in [0.5, 0.6) is 5.75 Å². The van der Waals surface area contributed by atoms with Crippen molar-refractivity contribution in [3.63, 3.8) is 0 Å². The molecule has 0 saturated carbocycles. The number of nitrogen functional groups attached to an aromatic ring is 1. The molecule has 116 valence electrons. The van der Waals surface area contributed by atoms with Crippen LogP contribution in [0.15, 0.2) is 42.6 Å². The lowest BCUT2D eigenvalue weighted by Gasteiger charge is -2.15. The summed E-state index contributed by atoms with van der Waals surface area (Å²) < 4.78 is 5.66. The van der Waals surface area contributed by atoms with Gasteiger partial charge in [0.15, 0.2) is 6.61 Å². The van der Waals surface area contributed by atoms with Gasteiger partial charge in [-0.25, -0.2) is 4.98 Å². The zero-order valence-electron chi connectivity index (χ0n) is 12.9. The van der Waals surface area contributed by atoms with E-state index in [2.05, 4.69) is 24.1 Å². The molecule has 0 aliphatic carbocycles. The Morgan fingerprint density at radius 3 is 2.77 bits per heavy atom. The molecule has 5 nitrogen and oxygen atoms in total. The number of ether oxygens (including phenoxy) is 1. The third kappa shape index (κ3) is 4.22. The topological polar surface area (TPSA) is 77.2 Å². The average Bonchev–Trinajstić information content (AvgIpc) is 2.54. The van der Waals surface area contributed by atoms with Gasteiger partial charge < -0.3 is 15.8 Å². The van der Waals surface area contributed by atoms with Crippen LogP contribution >= 0.6 is 0 Å². The maximum Gasteiger partial charge on any atom is 0.262 e. The molecule has 0 bridgehead atoms. The number of rotatable bonds is 6. The van der Waals surface area contributed by atoms with E-state index in [0.29, 0.717) is 17.4 Å². The van der Waals surface area contributed by atoms with E-state index in [1.165, 1.54) is 6.20 Å². The fourth-order valence-corrected chi connectivity index (χ4v) is 2.06. The van der Waals surface area contributed by atoms with Gasteiger partial charge in [0.25, 0.3) is 5.91 Å².